The molecule has 1 aliphatic rings. The highest BCUT2D eigenvalue weighted by Crippen LogP contribution is 2.58. The normalized spacial score (nSPS) is 13.5. The van der Waals surface area contributed by atoms with Crippen molar-refractivity contribution >= 4 is 72.5 Å². The van der Waals surface area contributed by atoms with Crippen molar-refractivity contribution in [3.05, 3.63) is 210 Å². The van der Waals surface area contributed by atoms with Crippen molar-refractivity contribution in [2.24, 2.45) is 0 Å². The Hall–Kier alpha value is -7.56. The molecule has 0 spiro atoms. The minimum atomic E-state index is -0.373. The van der Waals surface area contributed by atoms with Gasteiger partial charge in [-0.2, -0.15) is 0 Å². The summed E-state index contributed by atoms with van der Waals surface area (Å²) in [4.78, 5) is 4.83. The molecule has 4 heteroatoms. The van der Waals surface area contributed by atoms with Crippen molar-refractivity contribution in [1.29, 1.82) is 0 Å². The van der Waals surface area contributed by atoms with Gasteiger partial charge in [0.2, 0.25) is 5.71 Å². The summed E-state index contributed by atoms with van der Waals surface area (Å²) < 4.78 is 9.80. The van der Waals surface area contributed by atoms with Crippen molar-refractivity contribution in [3.63, 3.8) is 0 Å². The first kappa shape index (κ1) is 40.9. The largest absolute Gasteiger partial charge is 0.439 e. The summed E-state index contributed by atoms with van der Waals surface area (Å²) in [6.07, 6.45) is 0. The van der Waals surface area contributed by atoms with Gasteiger partial charge in [0.05, 0.1) is 10.9 Å². The molecule has 0 amide bonds. The van der Waals surface area contributed by atoms with Crippen LogP contribution in [0.3, 0.4) is 0 Å². The van der Waals surface area contributed by atoms with Crippen LogP contribution >= 0.6 is 0 Å². The van der Waals surface area contributed by atoms with Crippen LogP contribution in [0.4, 0.5) is 34.1 Å². The Kier molecular flexibility index (Phi) is 8.99. The second-order valence-corrected chi connectivity index (χ2v) is 21.0. The van der Waals surface area contributed by atoms with E-state index in [4.69, 9.17) is 4.42 Å². The SMILES string of the molecule is CC(C)(C)c1ccccc1N(c1ccccc1)c1ccc2c(c1)C(C)(C)c1c-2c2cc(-c3ccccc3)cc3c4c5ccc(N(c6ccccc6)c6ccccc6C(C)(C)C)cc5oc4n1c23. The van der Waals surface area contributed by atoms with Crippen molar-refractivity contribution < 1.29 is 4.42 Å². The molecule has 8 aromatic carbocycles. The molecule has 67 heavy (non-hydrogen) atoms. The summed E-state index contributed by atoms with van der Waals surface area (Å²) >= 11 is 0. The number of benzene rings is 8. The lowest BCUT2D eigenvalue weighted by molar-refractivity contribution is 0.590. The van der Waals surface area contributed by atoms with E-state index in [1.54, 1.807) is 0 Å². The van der Waals surface area contributed by atoms with Gasteiger partial charge in [-0.25, -0.2) is 0 Å². The van der Waals surface area contributed by atoms with E-state index >= 15 is 0 Å². The highest BCUT2D eigenvalue weighted by Gasteiger charge is 2.43. The Morgan fingerprint density at radius 3 is 1.55 bits per heavy atom. The van der Waals surface area contributed by atoms with Crippen molar-refractivity contribution in [2.75, 3.05) is 9.80 Å². The maximum Gasteiger partial charge on any atom is 0.213 e. The summed E-state index contributed by atoms with van der Waals surface area (Å²) in [5, 5.41) is 4.75. The second kappa shape index (κ2) is 14.7. The van der Waals surface area contributed by atoms with Crippen LogP contribution in [0.5, 0.6) is 0 Å². The van der Waals surface area contributed by atoms with E-state index in [2.05, 4.69) is 258 Å². The van der Waals surface area contributed by atoms with Gasteiger partial charge in [0.15, 0.2) is 0 Å². The number of rotatable bonds is 7. The first-order chi connectivity index (χ1) is 32.3. The summed E-state index contributed by atoms with van der Waals surface area (Å²) in [7, 11) is 0. The monoisotopic (exact) mass is 869 g/mol. The van der Waals surface area contributed by atoms with Gasteiger partial charge in [-0.1, -0.05) is 165 Å². The summed E-state index contributed by atoms with van der Waals surface area (Å²) in [5.41, 5.74) is 19.4. The Morgan fingerprint density at radius 1 is 0.463 bits per heavy atom. The molecule has 0 saturated carbocycles. The lowest BCUT2D eigenvalue weighted by atomic mass is 9.84. The fourth-order valence-corrected chi connectivity index (χ4v) is 11.3. The molecule has 0 unspecified atom stereocenters. The van der Waals surface area contributed by atoms with Crippen LogP contribution in [0.1, 0.15) is 77.8 Å². The van der Waals surface area contributed by atoms with Crippen LogP contribution in [0.2, 0.25) is 0 Å². The Balaban J connectivity index is 1.10. The average molecular weight is 870 g/mol. The number of hydrogen-bond acceptors (Lipinski definition) is 3. The molecule has 328 valence electrons. The number of hydrogen-bond donors (Lipinski definition) is 0. The highest BCUT2D eigenvalue weighted by molar-refractivity contribution is 6.26. The Labute approximate surface area is 393 Å². The molecule has 0 atom stereocenters. The van der Waals surface area contributed by atoms with Gasteiger partial charge in [-0.05, 0) is 117 Å². The quantitative estimate of drug-likeness (QED) is 0.159. The molecule has 4 nitrogen and oxygen atoms in total. The zero-order valence-corrected chi connectivity index (χ0v) is 39.6. The van der Waals surface area contributed by atoms with Crippen LogP contribution in [0, 0.1) is 0 Å². The molecule has 0 saturated heterocycles. The van der Waals surface area contributed by atoms with Gasteiger partial charge in [-0.15, -0.1) is 0 Å². The lowest BCUT2D eigenvalue weighted by Crippen LogP contribution is -2.20. The minimum Gasteiger partial charge on any atom is -0.439 e. The van der Waals surface area contributed by atoms with Gasteiger partial charge < -0.3 is 14.2 Å². The average Bonchev–Trinajstić information content (AvgIpc) is 4.03. The number of anilines is 6. The van der Waals surface area contributed by atoms with Gasteiger partial charge in [0.25, 0.3) is 0 Å². The third kappa shape index (κ3) is 6.26. The third-order valence-electron chi connectivity index (χ3n) is 14.3. The molecule has 3 aromatic heterocycles. The number of nitrogens with zero attached hydrogens (tertiary/aromatic N) is 3. The predicted octanol–water partition coefficient (Wildman–Crippen LogP) is 17.9. The van der Waals surface area contributed by atoms with Crippen molar-refractivity contribution in [3.8, 4) is 22.3 Å². The van der Waals surface area contributed by atoms with Crippen molar-refractivity contribution in [2.45, 2.75) is 71.6 Å². The van der Waals surface area contributed by atoms with Crippen LogP contribution in [0.15, 0.2) is 192 Å². The van der Waals surface area contributed by atoms with Crippen LogP contribution in [0.25, 0.3) is 60.6 Å². The van der Waals surface area contributed by atoms with Gasteiger partial charge >= 0.3 is 0 Å². The fraction of sp³-hybridized carbons (Fsp3) is 0.175. The molecule has 1 aliphatic carbocycles. The zero-order valence-electron chi connectivity index (χ0n) is 39.6. The Morgan fingerprint density at radius 2 is 0.970 bits per heavy atom. The van der Waals surface area contributed by atoms with E-state index in [9.17, 15) is 0 Å². The van der Waals surface area contributed by atoms with Crippen LogP contribution in [-0.4, -0.2) is 4.40 Å². The Bertz CT molecular complexity index is 3670. The minimum absolute atomic E-state index is 0.0578. The van der Waals surface area contributed by atoms with Crippen molar-refractivity contribution in [1.82, 2.24) is 4.40 Å². The lowest BCUT2D eigenvalue weighted by Gasteiger charge is -2.32. The highest BCUT2D eigenvalue weighted by atomic mass is 16.3. The number of fused-ring (bicyclic) bond motifs is 10. The molecule has 0 aliphatic heterocycles. The fourth-order valence-electron chi connectivity index (χ4n) is 11.3. The summed E-state index contributed by atoms with van der Waals surface area (Å²) in [5.74, 6) is 0. The van der Waals surface area contributed by atoms with Crippen LogP contribution in [-0.2, 0) is 16.2 Å². The van der Waals surface area contributed by atoms with E-state index in [-0.39, 0.29) is 16.2 Å². The molecule has 11 aromatic rings. The van der Waals surface area contributed by atoms with E-state index in [1.807, 2.05) is 0 Å². The third-order valence-corrected chi connectivity index (χ3v) is 14.3. The van der Waals surface area contributed by atoms with E-state index in [0.717, 1.165) is 50.5 Å². The maximum atomic E-state index is 7.32. The van der Waals surface area contributed by atoms with E-state index in [0.29, 0.717) is 0 Å². The molecule has 3 heterocycles. The molecular weight excluding hydrogens is 815 g/mol. The van der Waals surface area contributed by atoms with Gasteiger partial charge in [0, 0.05) is 73.0 Å². The van der Waals surface area contributed by atoms with E-state index < -0.39 is 0 Å². The van der Waals surface area contributed by atoms with E-state index in [1.165, 1.54) is 66.6 Å². The smallest absolute Gasteiger partial charge is 0.213 e. The maximum absolute atomic E-state index is 7.32. The number of aromatic nitrogens is 1. The van der Waals surface area contributed by atoms with Gasteiger partial charge in [-0.3, -0.25) is 4.40 Å². The molecule has 0 bridgehead atoms. The number of furan rings is 1. The first-order valence-electron chi connectivity index (χ1n) is 23.7. The summed E-state index contributed by atoms with van der Waals surface area (Å²) in [6.45, 7) is 18.6. The molecule has 0 radical (unpaired) electrons. The zero-order chi connectivity index (χ0) is 46.0. The van der Waals surface area contributed by atoms with Gasteiger partial charge in [0.1, 0.15) is 5.58 Å². The molecule has 12 rings (SSSR count). The second-order valence-electron chi connectivity index (χ2n) is 21.0. The molecular formula is C63H55N3O. The molecule has 0 N–H and O–H groups in total. The number of para-hydroxylation sites is 4. The topological polar surface area (TPSA) is 24.0 Å². The first-order valence-corrected chi connectivity index (χ1v) is 23.7. The predicted molar refractivity (Wildman–Crippen MR) is 283 cm³/mol. The summed E-state index contributed by atoms with van der Waals surface area (Å²) in [6, 6.07) is 68.9. The van der Waals surface area contributed by atoms with Crippen LogP contribution < -0.4 is 9.80 Å². The standard InChI is InChI=1S/C63H55N3O/c1-61(2,3)50-28-18-20-30-53(50)64(42-24-14-10-15-25-42)44-32-34-46-52(38-44)63(7,8)59-56(46)48-36-41(40-22-12-9-13-23-40)37-49-57-47-35-33-45(39-55(47)67-60(57)66(59)58(48)49)65(43-26-16-11-17-27-43)54-31-21-19-29-51(54)62(4,5)6/h9-39H,1-8H3. The molecule has 0 fully saturated rings.